The van der Waals surface area contributed by atoms with Crippen molar-refractivity contribution < 1.29 is 9.84 Å². The molecule has 0 amide bonds. The van der Waals surface area contributed by atoms with Crippen LogP contribution in [0.3, 0.4) is 0 Å². The van der Waals surface area contributed by atoms with Gasteiger partial charge in [-0.2, -0.15) is 0 Å². The van der Waals surface area contributed by atoms with E-state index < -0.39 is 0 Å². The summed E-state index contributed by atoms with van der Waals surface area (Å²) in [4.78, 5) is 0. The third-order valence-electron chi connectivity index (χ3n) is 3.32. The molecule has 1 saturated carbocycles. The Morgan fingerprint density at radius 1 is 1.36 bits per heavy atom. The molecule has 84 valence electrons. The molecular formula is C12H24O2. The second kappa shape index (κ2) is 5.72. The molecule has 0 aromatic carbocycles. The minimum absolute atomic E-state index is 0.0882. The fourth-order valence-electron chi connectivity index (χ4n) is 2.31. The Bertz CT molecular complexity index is 156. The van der Waals surface area contributed by atoms with Gasteiger partial charge in [-0.3, -0.25) is 0 Å². The van der Waals surface area contributed by atoms with Crippen LogP contribution < -0.4 is 0 Å². The number of hydrogen-bond donors (Lipinski definition) is 1. The Labute approximate surface area is 87.7 Å². The van der Waals surface area contributed by atoms with Crippen molar-refractivity contribution in [1.29, 1.82) is 0 Å². The van der Waals surface area contributed by atoms with Gasteiger partial charge in [0.2, 0.25) is 0 Å². The van der Waals surface area contributed by atoms with Gasteiger partial charge in [0.1, 0.15) is 0 Å². The average Bonchev–Trinajstić information content (AvgIpc) is 2.15. The van der Waals surface area contributed by atoms with Gasteiger partial charge in [-0.25, -0.2) is 0 Å². The first-order valence-electron chi connectivity index (χ1n) is 5.84. The van der Waals surface area contributed by atoms with Crippen molar-refractivity contribution in [3.63, 3.8) is 0 Å². The molecule has 1 N–H and O–H groups in total. The molecule has 0 aliphatic heterocycles. The maximum absolute atomic E-state index is 9.78. The molecule has 0 aromatic rings. The first-order valence-corrected chi connectivity index (χ1v) is 5.84. The van der Waals surface area contributed by atoms with Crippen LogP contribution >= 0.6 is 0 Å². The van der Waals surface area contributed by atoms with Crippen molar-refractivity contribution in [2.24, 2.45) is 11.8 Å². The third-order valence-corrected chi connectivity index (χ3v) is 3.32. The van der Waals surface area contributed by atoms with E-state index in [-0.39, 0.29) is 12.2 Å². The molecule has 0 radical (unpaired) electrons. The highest BCUT2D eigenvalue weighted by Gasteiger charge is 2.28. The zero-order valence-corrected chi connectivity index (χ0v) is 9.70. The summed E-state index contributed by atoms with van der Waals surface area (Å²) in [5, 5.41) is 9.78. The predicted molar refractivity (Wildman–Crippen MR) is 58.2 cm³/mol. The number of aliphatic hydroxyl groups is 1. The van der Waals surface area contributed by atoms with Gasteiger partial charge in [-0.1, -0.05) is 26.7 Å². The molecule has 1 rings (SSSR count). The van der Waals surface area contributed by atoms with Crippen LogP contribution in [0.15, 0.2) is 0 Å². The van der Waals surface area contributed by atoms with E-state index in [2.05, 4.69) is 13.8 Å². The first-order chi connectivity index (χ1) is 6.63. The predicted octanol–water partition coefficient (Wildman–Crippen LogP) is 2.60. The third kappa shape index (κ3) is 3.58. The molecule has 0 spiro atoms. The maximum Gasteiger partial charge on any atom is 0.0830 e. The summed E-state index contributed by atoms with van der Waals surface area (Å²) in [6.45, 7) is 4.52. The van der Waals surface area contributed by atoms with E-state index >= 15 is 0 Å². The lowest BCUT2D eigenvalue weighted by Gasteiger charge is -2.32. The molecule has 1 aliphatic carbocycles. The highest BCUT2D eigenvalue weighted by molar-refractivity contribution is 4.80. The van der Waals surface area contributed by atoms with Crippen LogP contribution in [-0.2, 0) is 4.74 Å². The number of aliphatic hydroxyl groups excluding tert-OH is 1. The maximum atomic E-state index is 9.78. The van der Waals surface area contributed by atoms with Gasteiger partial charge in [0.25, 0.3) is 0 Å². The van der Waals surface area contributed by atoms with Crippen LogP contribution in [0, 0.1) is 11.8 Å². The minimum Gasteiger partial charge on any atom is -0.390 e. The van der Waals surface area contributed by atoms with Crippen molar-refractivity contribution in [2.75, 3.05) is 7.11 Å². The lowest BCUT2D eigenvalue weighted by atomic mass is 9.81. The van der Waals surface area contributed by atoms with Gasteiger partial charge in [0.05, 0.1) is 12.2 Å². The smallest absolute Gasteiger partial charge is 0.0830 e. The van der Waals surface area contributed by atoms with Crippen molar-refractivity contribution in [1.82, 2.24) is 0 Å². The first kappa shape index (κ1) is 12.0. The molecule has 0 saturated heterocycles. The zero-order chi connectivity index (χ0) is 10.6. The monoisotopic (exact) mass is 200 g/mol. The molecule has 0 heterocycles. The molecule has 1 fully saturated rings. The van der Waals surface area contributed by atoms with Gasteiger partial charge < -0.3 is 9.84 Å². The molecule has 2 nitrogen and oxygen atoms in total. The van der Waals surface area contributed by atoms with Gasteiger partial charge in [0.15, 0.2) is 0 Å². The highest BCUT2D eigenvalue weighted by atomic mass is 16.5. The second-order valence-electron chi connectivity index (χ2n) is 4.99. The number of rotatable bonds is 4. The Balaban J connectivity index is 2.24. The highest BCUT2D eigenvalue weighted by Crippen LogP contribution is 2.30. The lowest BCUT2D eigenvalue weighted by molar-refractivity contribution is -0.0510. The summed E-state index contributed by atoms with van der Waals surface area (Å²) in [6.07, 6.45) is 5.60. The van der Waals surface area contributed by atoms with Gasteiger partial charge in [-0.05, 0) is 31.1 Å². The van der Waals surface area contributed by atoms with E-state index in [0.717, 1.165) is 24.7 Å². The van der Waals surface area contributed by atoms with Gasteiger partial charge in [-0.15, -0.1) is 0 Å². The molecule has 1 aliphatic rings. The van der Waals surface area contributed by atoms with E-state index in [4.69, 9.17) is 4.74 Å². The van der Waals surface area contributed by atoms with Crippen molar-refractivity contribution in [3.8, 4) is 0 Å². The lowest BCUT2D eigenvalue weighted by Crippen LogP contribution is -2.35. The summed E-state index contributed by atoms with van der Waals surface area (Å²) in [5.74, 6) is 1.51. The van der Waals surface area contributed by atoms with Gasteiger partial charge >= 0.3 is 0 Å². The fourth-order valence-corrected chi connectivity index (χ4v) is 2.31. The van der Waals surface area contributed by atoms with E-state index in [0.29, 0.717) is 0 Å². The average molecular weight is 200 g/mol. The Hall–Kier alpha value is -0.0800. The summed E-state index contributed by atoms with van der Waals surface area (Å²) >= 11 is 0. The normalized spacial score (nSPS) is 33.6. The SMILES string of the molecule is COC1CCC(CCC(C)C)CC1O. The fraction of sp³-hybridized carbons (Fsp3) is 1.00. The van der Waals surface area contributed by atoms with E-state index in [1.165, 1.54) is 19.3 Å². The van der Waals surface area contributed by atoms with E-state index in [9.17, 15) is 5.11 Å². The van der Waals surface area contributed by atoms with E-state index in [1.807, 2.05) is 0 Å². The second-order valence-corrected chi connectivity index (χ2v) is 4.99. The molecule has 14 heavy (non-hydrogen) atoms. The number of methoxy groups -OCH3 is 1. The Morgan fingerprint density at radius 2 is 2.07 bits per heavy atom. The Morgan fingerprint density at radius 3 is 2.57 bits per heavy atom. The summed E-state index contributed by atoms with van der Waals surface area (Å²) in [7, 11) is 1.70. The van der Waals surface area contributed by atoms with Crippen molar-refractivity contribution in [3.05, 3.63) is 0 Å². The van der Waals surface area contributed by atoms with E-state index in [1.54, 1.807) is 7.11 Å². The van der Waals surface area contributed by atoms with Crippen LogP contribution in [-0.4, -0.2) is 24.4 Å². The largest absolute Gasteiger partial charge is 0.390 e. The molecule has 3 atom stereocenters. The van der Waals surface area contributed by atoms with Crippen molar-refractivity contribution in [2.45, 2.75) is 58.2 Å². The summed E-state index contributed by atoms with van der Waals surface area (Å²) in [5.41, 5.74) is 0. The van der Waals surface area contributed by atoms with Crippen LogP contribution in [0.4, 0.5) is 0 Å². The molecule has 0 bridgehead atoms. The minimum atomic E-state index is -0.231. The molecule has 0 aromatic heterocycles. The van der Waals surface area contributed by atoms with Crippen LogP contribution in [0.1, 0.15) is 46.0 Å². The quantitative estimate of drug-likeness (QED) is 0.756. The topological polar surface area (TPSA) is 29.5 Å². The molecular weight excluding hydrogens is 176 g/mol. The van der Waals surface area contributed by atoms with Crippen LogP contribution in [0.2, 0.25) is 0 Å². The van der Waals surface area contributed by atoms with Gasteiger partial charge in [0, 0.05) is 7.11 Å². The van der Waals surface area contributed by atoms with Crippen molar-refractivity contribution >= 4 is 0 Å². The van der Waals surface area contributed by atoms with Crippen LogP contribution in [0.5, 0.6) is 0 Å². The number of hydrogen-bond acceptors (Lipinski definition) is 2. The molecule has 2 heteroatoms. The molecule has 3 unspecified atom stereocenters. The standard InChI is InChI=1S/C12H24O2/c1-9(2)4-5-10-6-7-12(14-3)11(13)8-10/h9-13H,4-8H2,1-3H3. The summed E-state index contributed by atoms with van der Waals surface area (Å²) < 4.78 is 5.23. The number of ether oxygens (including phenoxy) is 1. The van der Waals surface area contributed by atoms with Crippen LogP contribution in [0.25, 0.3) is 0 Å². The zero-order valence-electron chi connectivity index (χ0n) is 9.70. The summed E-state index contributed by atoms with van der Waals surface area (Å²) in [6, 6.07) is 0. The Kier molecular flexibility index (Phi) is 4.90.